The first-order valence-corrected chi connectivity index (χ1v) is 4.99. The van der Waals surface area contributed by atoms with E-state index in [-0.39, 0.29) is 5.78 Å². The molecule has 0 radical (unpaired) electrons. The molecule has 0 saturated carbocycles. The van der Waals surface area contributed by atoms with Crippen molar-refractivity contribution >= 4 is 5.78 Å². The Morgan fingerprint density at radius 3 is 2.33 bits per heavy atom. The van der Waals surface area contributed by atoms with Crippen LogP contribution in [-0.4, -0.2) is 39.9 Å². The molecule has 0 aliphatic heterocycles. The summed E-state index contributed by atoms with van der Waals surface area (Å²) in [6, 6.07) is 0. The highest BCUT2D eigenvalue weighted by atomic mass is 16.1. The van der Waals surface area contributed by atoms with Crippen LogP contribution in [0.2, 0.25) is 0 Å². The number of carbonyl (C=O) groups excluding carboxylic acids is 1. The van der Waals surface area contributed by atoms with Crippen molar-refractivity contribution in [1.29, 1.82) is 0 Å². The Kier molecular flexibility index (Phi) is 3.00. The highest BCUT2D eigenvalue weighted by Crippen LogP contribution is 2.17. The molecule has 4 nitrogen and oxygen atoms in total. The Hall–Kier alpha value is -1.16. The van der Waals surface area contributed by atoms with Crippen LogP contribution in [0.15, 0.2) is 6.20 Å². The molecule has 0 atom stereocenters. The first-order chi connectivity index (χ1) is 6.78. The molecule has 0 aliphatic rings. The van der Waals surface area contributed by atoms with Gasteiger partial charge in [-0.25, -0.2) is 4.98 Å². The summed E-state index contributed by atoms with van der Waals surface area (Å²) in [7, 11) is 5.67. The van der Waals surface area contributed by atoms with Crippen molar-refractivity contribution in [3.05, 3.63) is 17.7 Å². The predicted octanol–water partition coefficient (Wildman–Crippen LogP) is 1.25. The maximum Gasteiger partial charge on any atom is 0.200 e. The van der Waals surface area contributed by atoms with Gasteiger partial charge in [0, 0.05) is 7.05 Å². The monoisotopic (exact) mass is 209 g/mol. The molecule has 1 aromatic rings. The molecular weight excluding hydrogens is 190 g/mol. The Bertz CT molecular complexity index is 377. The van der Waals surface area contributed by atoms with Crippen molar-refractivity contribution in [3.63, 3.8) is 0 Å². The molecule has 15 heavy (non-hydrogen) atoms. The van der Waals surface area contributed by atoms with Gasteiger partial charge in [-0.2, -0.15) is 0 Å². The van der Waals surface area contributed by atoms with Crippen molar-refractivity contribution in [1.82, 2.24) is 14.5 Å². The first kappa shape index (κ1) is 11.9. The number of hydrogen-bond donors (Lipinski definition) is 0. The van der Waals surface area contributed by atoms with E-state index < -0.39 is 5.54 Å². The summed E-state index contributed by atoms with van der Waals surface area (Å²) in [5.41, 5.74) is 0.159. The Balaban J connectivity index is 3.10. The molecule has 0 aliphatic carbocycles. The van der Waals surface area contributed by atoms with Gasteiger partial charge in [0.2, 0.25) is 0 Å². The molecule has 1 aromatic heterocycles. The standard InChI is InChI=1S/C11H19N3O/c1-8-12-7-9(14(8)6)10(15)11(2,3)13(4)5/h7H,1-6H3. The van der Waals surface area contributed by atoms with Gasteiger partial charge in [-0.1, -0.05) is 0 Å². The number of Topliss-reactive ketones (excluding diaryl/α,β-unsaturated/α-hetero) is 1. The van der Waals surface area contributed by atoms with Crippen molar-refractivity contribution in [3.8, 4) is 0 Å². The predicted molar refractivity (Wildman–Crippen MR) is 60.0 cm³/mol. The summed E-state index contributed by atoms with van der Waals surface area (Å²) in [6.07, 6.45) is 1.64. The van der Waals surface area contributed by atoms with Crippen molar-refractivity contribution in [2.24, 2.45) is 7.05 Å². The summed E-state index contributed by atoms with van der Waals surface area (Å²) in [4.78, 5) is 18.3. The van der Waals surface area contributed by atoms with E-state index in [0.717, 1.165) is 5.82 Å². The molecule has 1 rings (SSSR count). The fourth-order valence-corrected chi connectivity index (χ4v) is 1.23. The van der Waals surface area contributed by atoms with E-state index in [1.807, 2.05) is 51.4 Å². The molecule has 84 valence electrons. The lowest BCUT2D eigenvalue weighted by Crippen LogP contribution is -2.46. The quantitative estimate of drug-likeness (QED) is 0.703. The zero-order chi connectivity index (χ0) is 11.8. The van der Waals surface area contributed by atoms with Crippen molar-refractivity contribution < 1.29 is 4.79 Å². The summed E-state index contributed by atoms with van der Waals surface area (Å²) >= 11 is 0. The summed E-state index contributed by atoms with van der Waals surface area (Å²) in [5, 5.41) is 0. The van der Waals surface area contributed by atoms with Gasteiger partial charge in [-0.3, -0.25) is 9.69 Å². The van der Waals surface area contributed by atoms with Crippen LogP contribution in [0, 0.1) is 6.92 Å². The average Bonchev–Trinajstić information content (AvgIpc) is 2.46. The highest BCUT2D eigenvalue weighted by molar-refractivity contribution is 6.01. The van der Waals surface area contributed by atoms with Gasteiger partial charge < -0.3 is 4.57 Å². The van der Waals surface area contributed by atoms with Gasteiger partial charge in [0.15, 0.2) is 5.78 Å². The van der Waals surface area contributed by atoms with E-state index in [4.69, 9.17) is 0 Å². The van der Waals surface area contributed by atoms with Crippen LogP contribution < -0.4 is 0 Å². The van der Waals surface area contributed by atoms with Crippen molar-refractivity contribution in [2.45, 2.75) is 26.3 Å². The molecule has 4 heteroatoms. The number of hydrogen-bond acceptors (Lipinski definition) is 3. The van der Waals surface area contributed by atoms with Crippen LogP contribution in [0.4, 0.5) is 0 Å². The number of rotatable bonds is 3. The molecule has 0 saturated heterocycles. The Labute approximate surface area is 90.9 Å². The zero-order valence-electron chi connectivity index (χ0n) is 10.3. The number of carbonyl (C=O) groups is 1. The lowest BCUT2D eigenvalue weighted by atomic mass is 9.95. The first-order valence-electron chi connectivity index (χ1n) is 4.99. The number of imidazole rings is 1. The molecule has 0 aromatic carbocycles. The normalized spacial score (nSPS) is 12.2. The Morgan fingerprint density at radius 1 is 1.47 bits per heavy atom. The summed E-state index contributed by atoms with van der Waals surface area (Å²) in [6.45, 7) is 5.72. The smallest absolute Gasteiger partial charge is 0.200 e. The summed E-state index contributed by atoms with van der Waals surface area (Å²) in [5.74, 6) is 0.948. The van der Waals surface area contributed by atoms with Crippen LogP contribution in [-0.2, 0) is 7.05 Å². The maximum absolute atomic E-state index is 12.2. The lowest BCUT2D eigenvalue weighted by Gasteiger charge is -2.30. The third-order valence-electron chi connectivity index (χ3n) is 3.13. The van der Waals surface area contributed by atoms with Gasteiger partial charge in [-0.15, -0.1) is 0 Å². The topological polar surface area (TPSA) is 38.1 Å². The van der Waals surface area contributed by atoms with Gasteiger partial charge in [0.1, 0.15) is 11.5 Å². The van der Waals surface area contributed by atoms with Gasteiger partial charge in [0.05, 0.1) is 11.7 Å². The molecular formula is C11H19N3O. The van der Waals surface area contributed by atoms with E-state index in [9.17, 15) is 4.79 Å². The summed E-state index contributed by atoms with van der Waals surface area (Å²) < 4.78 is 1.83. The number of ketones is 1. The van der Waals surface area contributed by atoms with E-state index in [1.165, 1.54) is 0 Å². The second kappa shape index (κ2) is 3.77. The van der Waals surface area contributed by atoms with E-state index in [2.05, 4.69) is 4.98 Å². The number of likely N-dealkylation sites (N-methyl/N-ethyl adjacent to an activating group) is 1. The lowest BCUT2D eigenvalue weighted by molar-refractivity contribution is 0.0746. The highest BCUT2D eigenvalue weighted by Gasteiger charge is 2.32. The number of aryl methyl sites for hydroxylation is 1. The molecule has 0 N–H and O–H groups in total. The SMILES string of the molecule is Cc1ncc(C(=O)C(C)(C)N(C)C)n1C. The van der Waals surface area contributed by atoms with Gasteiger partial charge in [0.25, 0.3) is 0 Å². The molecule has 0 bridgehead atoms. The van der Waals surface area contributed by atoms with Crippen LogP contribution in [0.3, 0.4) is 0 Å². The van der Waals surface area contributed by atoms with E-state index in [0.29, 0.717) is 5.69 Å². The molecule has 1 heterocycles. The minimum atomic E-state index is -0.500. The molecule has 0 amide bonds. The number of nitrogens with zero attached hydrogens (tertiary/aromatic N) is 3. The zero-order valence-corrected chi connectivity index (χ0v) is 10.3. The third-order valence-corrected chi connectivity index (χ3v) is 3.13. The fourth-order valence-electron chi connectivity index (χ4n) is 1.23. The molecule has 0 unspecified atom stereocenters. The van der Waals surface area contributed by atoms with Crippen LogP contribution in [0.1, 0.15) is 30.2 Å². The average molecular weight is 209 g/mol. The number of aromatic nitrogens is 2. The van der Waals surface area contributed by atoms with E-state index in [1.54, 1.807) is 6.20 Å². The largest absolute Gasteiger partial charge is 0.329 e. The third kappa shape index (κ3) is 1.95. The molecule has 0 spiro atoms. The fraction of sp³-hybridized carbons (Fsp3) is 0.636. The Morgan fingerprint density at radius 2 is 2.00 bits per heavy atom. The minimum Gasteiger partial charge on any atom is -0.329 e. The van der Waals surface area contributed by atoms with Crippen LogP contribution in [0.5, 0.6) is 0 Å². The van der Waals surface area contributed by atoms with Crippen molar-refractivity contribution in [2.75, 3.05) is 14.1 Å². The second-order valence-corrected chi connectivity index (χ2v) is 4.53. The van der Waals surface area contributed by atoms with Gasteiger partial charge >= 0.3 is 0 Å². The second-order valence-electron chi connectivity index (χ2n) is 4.53. The van der Waals surface area contributed by atoms with Crippen LogP contribution in [0.25, 0.3) is 0 Å². The minimum absolute atomic E-state index is 0.0931. The van der Waals surface area contributed by atoms with Gasteiger partial charge in [-0.05, 0) is 34.9 Å². The molecule has 0 fully saturated rings. The van der Waals surface area contributed by atoms with E-state index >= 15 is 0 Å². The maximum atomic E-state index is 12.2. The van der Waals surface area contributed by atoms with Crippen LogP contribution >= 0.6 is 0 Å².